The summed E-state index contributed by atoms with van der Waals surface area (Å²) in [4.78, 5) is 0. The Kier molecular flexibility index (Phi) is 1.24. The number of rotatable bonds is 0. The maximum atomic E-state index is 9.34. The highest BCUT2D eigenvalue weighted by atomic mass is 16.3. The second-order valence-electron chi connectivity index (χ2n) is 3.17. The first-order chi connectivity index (χ1) is 4.38. The minimum atomic E-state index is -0.0440. The van der Waals surface area contributed by atoms with Gasteiger partial charge in [-0.3, -0.25) is 0 Å². The quantitative estimate of drug-likeness (QED) is 0.484. The van der Waals surface area contributed by atoms with Gasteiger partial charge in [-0.2, -0.15) is 0 Å². The summed E-state index contributed by atoms with van der Waals surface area (Å²) in [6.07, 6.45) is 3.49. The topological polar surface area (TPSA) is 32.3 Å². The summed E-state index contributed by atoms with van der Waals surface area (Å²) in [7, 11) is 0. The first kappa shape index (κ1) is 5.69. The molecule has 0 amide bonds. The average molecular weight is 127 g/mol. The normalized spacial score (nSPS) is 49.7. The predicted molar refractivity (Wildman–Crippen MR) is 35.1 cm³/mol. The molecule has 0 unspecified atom stereocenters. The summed E-state index contributed by atoms with van der Waals surface area (Å²) in [5.74, 6) is 0.792. The van der Waals surface area contributed by atoms with E-state index < -0.39 is 0 Å². The predicted octanol–water partition coefficient (Wildman–Crippen LogP) is 0.119. The van der Waals surface area contributed by atoms with Crippen LogP contribution in [-0.4, -0.2) is 23.8 Å². The third kappa shape index (κ3) is 0.775. The maximum Gasteiger partial charge on any atom is 0.0696 e. The van der Waals surface area contributed by atoms with Crippen molar-refractivity contribution in [3.8, 4) is 0 Å². The lowest BCUT2D eigenvalue weighted by Gasteiger charge is -2.11. The van der Waals surface area contributed by atoms with E-state index in [0.717, 1.165) is 18.9 Å². The molecule has 1 saturated carbocycles. The molecule has 0 spiro atoms. The van der Waals surface area contributed by atoms with Gasteiger partial charge in [0.2, 0.25) is 0 Å². The summed E-state index contributed by atoms with van der Waals surface area (Å²) >= 11 is 0. The van der Waals surface area contributed by atoms with Crippen LogP contribution < -0.4 is 5.32 Å². The molecule has 1 saturated heterocycles. The van der Waals surface area contributed by atoms with Gasteiger partial charge < -0.3 is 10.4 Å². The molecular formula is C7H13NO. The van der Waals surface area contributed by atoms with E-state index in [1.165, 1.54) is 12.8 Å². The molecule has 1 heterocycles. The van der Waals surface area contributed by atoms with Gasteiger partial charge in [-0.15, -0.1) is 0 Å². The highest BCUT2D eigenvalue weighted by Gasteiger charge is 2.37. The van der Waals surface area contributed by atoms with E-state index in [-0.39, 0.29) is 6.10 Å². The molecule has 1 aliphatic carbocycles. The first-order valence-corrected chi connectivity index (χ1v) is 3.79. The second kappa shape index (κ2) is 1.96. The number of hydrogen-bond acceptors (Lipinski definition) is 2. The number of aliphatic hydroxyl groups is 1. The van der Waals surface area contributed by atoms with Gasteiger partial charge in [-0.1, -0.05) is 0 Å². The van der Waals surface area contributed by atoms with Crippen LogP contribution in [0.5, 0.6) is 0 Å². The van der Waals surface area contributed by atoms with Crippen LogP contribution in [0.2, 0.25) is 0 Å². The standard InChI is InChI=1S/C7H13NO/c9-6-2-1-5-3-4-8-7(5)6/h5-9H,1-4H2/t5-,6+,7+/m0/s1. The van der Waals surface area contributed by atoms with Gasteiger partial charge in [0, 0.05) is 6.04 Å². The SMILES string of the molecule is O[C@@H]1CC[C@H]2CCN[C@H]21. The van der Waals surface area contributed by atoms with Crippen molar-refractivity contribution in [2.75, 3.05) is 6.54 Å². The molecule has 2 heteroatoms. The number of hydrogen-bond donors (Lipinski definition) is 2. The smallest absolute Gasteiger partial charge is 0.0696 e. The van der Waals surface area contributed by atoms with Crippen LogP contribution in [0.25, 0.3) is 0 Å². The van der Waals surface area contributed by atoms with Crippen molar-refractivity contribution in [2.45, 2.75) is 31.4 Å². The monoisotopic (exact) mass is 127 g/mol. The molecule has 52 valence electrons. The van der Waals surface area contributed by atoms with Crippen molar-refractivity contribution < 1.29 is 5.11 Å². The fourth-order valence-corrected chi connectivity index (χ4v) is 2.12. The van der Waals surface area contributed by atoms with Crippen molar-refractivity contribution >= 4 is 0 Å². The number of fused-ring (bicyclic) bond motifs is 1. The molecule has 2 aliphatic rings. The van der Waals surface area contributed by atoms with Crippen molar-refractivity contribution in [2.24, 2.45) is 5.92 Å². The van der Waals surface area contributed by atoms with Crippen LogP contribution in [0, 0.1) is 5.92 Å². The highest BCUT2D eigenvalue weighted by molar-refractivity contribution is 4.94. The lowest BCUT2D eigenvalue weighted by atomic mass is 10.0. The summed E-state index contributed by atoms with van der Waals surface area (Å²) < 4.78 is 0. The minimum Gasteiger partial charge on any atom is -0.391 e. The van der Waals surface area contributed by atoms with Crippen LogP contribution in [0.3, 0.4) is 0 Å². The summed E-state index contributed by atoms with van der Waals surface area (Å²) in [5, 5.41) is 12.7. The Labute approximate surface area is 55.3 Å². The van der Waals surface area contributed by atoms with E-state index >= 15 is 0 Å². The van der Waals surface area contributed by atoms with E-state index in [0.29, 0.717) is 6.04 Å². The lowest BCUT2D eigenvalue weighted by molar-refractivity contribution is 0.151. The van der Waals surface area contributed by atoms with Gasteiger partial charge in [0.25, 0.3) is 0 Å². The highest BCUT2D eigenvalue weighted by Crippen LogP contribution is 2.31. The molecule has 0 aromatic heterocycles. The lowest BCUT2D eigenvalue weighted by Crippen LogP contribution is -2.33. The van der Waals surface area contributed by atoms with Gasteiger partial charge >= 0.3 is 0 Å². The molecule has 0 bridgehead atoms. The molecule has 2 rings (SSSR count). The Morgan fingerprint density at radius 2 is 2.11 bits per heavy atom. The van der Waals surface area contributed by atoms with Gasteiger partial charge in [0.15, 0.2) is 0 Å². The summed E-state index contributed by atoms with van der Waals surface area (Å²) in [5.41, 5.74) is 0. The zero-order valence-corrected chi connectivity index (χ0v) is 5.51. The number of nitrogens with one attached hydrogen (secondary N) is 1. The van der Waals surface area contributed by atoms with Crippen LogP contribution in [0.15, 0.2) is 0 Å². The average Bonchev–Trinajstić information content (AvgIpc) is 2.35. The minimum absolute atomic E-state index is 0.0440. The largest absolute Gasteiger partial charge is 0.391 e. The Hall–Kier alpha value is -0.0800. The van der Waals surface area contributed by atoms with E-state index in [1.807, 2.05) is 0 Å². The zero-order chi connectivity index (χ0) is 6.27. The van der Waals surface area contributed by atoms with Gasteiger partial charge in [0.05, 0.1) is 6.10 Å². The van der Waals surface area contributed by atoms with E-state index in [2.05, 4.69) is 5.32 Å². The Bertz CT molecular complexity index is 115. The fraction of sp³-hybridized carbons (Fsp3) is 1.00. The van der Waals surface area contributed by atoms with Gasteiger partial charge in [-0.05, 0) is 31.7 Å². The molecule has 2 N–H and O–H groups in total. The molecule has 0 aromatic carbocycles. The Morgan fingerprint density at radius 1 is 1.22 bits per heavy atom. The molecule has 0 aromatic rings. The summed E-state index contributed by atoms with van der Waals surface area (Å²) in [6.45, 7) is 1.12. The third-order valence-corrected chi connectivity index (χ3v) is 2.65. The van der Waals surface area contributed by atoms with E-state index in [9.17, 15) is 5.11 Å². The maximum absolute atomic E-state index is 9.34. The van der Waals surface area contributed by atoms with Crippen molar-refractivity contribution in [3.05, 3.63) is 0 Å². The van der Waals surface area contributed by atoms with Crippen molar-refractivity contribution in [3.63, 3.8) is 0 Å². The zero-order valence-electron chi connectivity index (χ0n) is 5.51. The van der Waals surface area contributed by atoms with E-state index in [4.69, 9.17) is 0 Å². The Balaban J connectivity index is 2.07. The van der Waals surface area contributed by atoms with Crippen molar-refractivity contribution in [1.29, 1.82) is 0 Å². The molecule has 9 heavy (non-hydrogen) atoms. The Morgan fingerprint density at radius 3 is 2.89 bits per heavy atom. The second-order valence-corrected chi connectivity index (χ2v) is 3.17. The molecule has 3 atom stereocenters. The van der Waals surface area contributed by atoms with Crippen molar-refractivity contribution in [1.82, 2.24) is 5.32 Å². The molecule has 2 fully saturated rings. The van der Waals surface area contributed by atoms with Crippen LogP contribution >= 0.6 is 0 Å². The van der Waals surface area contributed by atoms with Gasteiger partial charge in [-0.25, -0.2) is 0 Å². The third-order valence-electron chi connectivity index (χ3n) is 2.65. The number of aliphatic hydroxyl groups excluding tert-OH is 1. The molecule has 2 nitrogen and oxygen atoms in total. The van der Waals surface area contributed by atoms with E-state index in [1.54, 1.807) is 0 Å². The van der Waals surface area contributed by atoms with Crippen LogP contribution in [0.4, 0.5) is 0 Å². The molecule has 0 radical (unpaired) electrons. The summed E-state index contributed by atoms with van der Waals surface area (Å²) in [6, 6.07) is 0.449. The fourth-order valence-electron chi connectivity index (χ4n) is 2.12. The first-order valence-electron chi connectivity index (χ1n) is 3.79. The van der Waals surface area contributed by atoms with Crippen LogP contribution in [-0.2, 0) is 0 Å². The van der Waals surface area contributed by atoms with Crippen LogP contribution in [0.1, 0.15) is 19.3 Å². The molecular weight excluding hydrogens is 114 g/mol. The van der Waals surface area contributed by atoms with Gasteiger partial charge in [0.1, 0.15) is 0 Å². The molecule has 1 aliphatic heterocycles.